The highest BCUT2D eigenvalue weighted by Gasteiger charge is 2.53. The maximum absolute atomic E-state index is 12.4. The number of ether oxygens (including phenoxy) is 1. The topological polar surface area (TPSA) is 75.6 Å². The molecule has 0 radical (unpaired) electrons. The van der Waals surface area contributed by atoms with E-state index in [1.807, 2.05) is 6.07 Å². The van der Waals surface area contributed by atoms with Gasteiger partial charge in [-0.15, -0.1) is 0 Å². The number of hydrogen-bond acceptors (Lipinski definition) is 3. The van der Waals surface area contributed by atoms with Crippen molar-refractivity contribution in [3.05, 3.63) is 39.3 Å². The summed E-state index contributed by atoms with van der Waals surface area (Å²) in [4.78, 5) is 23.8. The maximum atomic E-state index is 12.4. The first-order chi connectivity index (χ1) is 9.97. The monoisotopic (exact) mass is 415 g/mol. The predicted molar refractivity (Wildman–Crippen MR) is 82.9 cm³/mol. The summed E-state index contributed by atoms with van der Waals surface area (Å²) in [6.45, 7) is 0. The second-order valence-corrected chi connectivity index (χ2v) is 6.72. The summed E-state index contributed by atoms with van der Waals surface area (Å²) < 4.78 is 7.09. The predicted octanol–water partition coefficient (Wildman–Crippen LogP) is 2.80. The van der Waals surface area contributed by atoms with Crippen LogP contribution in [0, 0.1) is 11.8 Å². The van der Waals surface area contributed by atoms with Crippen LogP contribution in [-0.4, -0.2) is 29.2 Å². The van der Waals surface area contributed by atoms with Crippen molar-refractivity contribution in [1.29, 1.82) is 0 Å². The maximum Gasteiger partial charge on any atom is 0.310 e. The van der Waals surface area contributed by atoms with Crippen LogP contribution in [0.4, 0.5) is 5.69 Å². The van der Waals surface area contributed by atoms with Gasteiger partial charge in [0.15, 0.2) is 0 Å². The van der Waals surface area contributed by atoms with Gasteiger partial charge in [0.1, 0.15) is 5.92 Å². The Morgan fingerprint density at radius 3 is 2.43 bits per heavy atom. The zero-order valence-electron chi connectivity index (χ0n) is 10.6. The second kappa shape index (κ2) is 5.55. The molecule has 7 heteroatoms. The first kappa shape index (κ1) is 14.7. The Hall–Kier alpha value is -1.18. The van der Waals surface area contributed by atoms with Gasteiger partial charge in [0.05, 0.1) is 23.8 Å². The number of nitrogens with one attached hydrogen (secondary N) is 1. The molecule has 5 nitrogen and oxygen atoms in total. The first-order valence-electron chi connectivity index (χ1n) is 6.30. The third-order valence-corrected chi connectivity index (χ3v) is 4.83. The normalized spacial score (nSPS) is 29.6. The molecular weight excluding hydrogens is 406 g/mol. The van der Waals surface area contributed by atoms with E-state index < -0.39 is 30.0 Å². The minimum absolute atomic E-state index is 0.345. The minimum Gasteiger partial charge on any atom is -0.481 e. The molecule has 1 aromatic rings. The molecule has 2 N–H and O–H groups in total. The van der Waals surface area contributed by atoms with Gasteiger partial charge in [-0.05, 0) is 34.1 Å². The summed E-state index contributed by atoms with van der Waals surface area (Å²) in [5, 5.41) is 12.1. The van der Waals surface area contributed by atoms with E-state index >= 15 is 0 Å². The smallest absolute Gasteiger partial charge is 0.310 e. The molecule has 0 unspecified atom stereocenters. The van der Waals surface area contributed by atoms with E-state index in [9.17, 15) is 14.7 Å². The molecule has 2 heterocycles. The number of carboxylic acid groups (broad SMARTS) is 1. The molecule has 1 aromatic carbocycles. The van der Waals surface area contributed by atoms with Crippen molar-refractivity contribution in [3.63, 3.8) is 0 Å². The van der Waals surface area contributed by atoms with Gasteiger partial charge in [0, 0.05) is 8.95 Å². The summed E-state index contributed by atoms with van der Waals surface area (Å²) in [5.74, 6) is -2.91. The van der Waals surface area contributed by atoms with Crippen molar-refractivity contribution in [3.8, 4) is 0 Å². The number of anilines is 1. The highest BCUT2D eigenvalue weighted by Crippen LogP contribution is 2.40. The summed E-state index contributed by atoms with van der Waals surface area (Å²) in [6.07, 6.45) is 2.48. The van der Waals surface area contributed by atoms with Crippen molar-refractivity contribution in [2.75, 3.05) is 5.32 Å². The Balaban J connectivity index is 1.82. The van der Waals surface area contributed by atoms with E-state index in [0.29, 0.717) is 5.69 Å². The van der Waals surface area contributed by atoms with Gasteiger partial charge in [-0.1, -0.05) is 28.1 Å². The fourth-order valence-corrected chi connectivity index (χ4v) is 3.87. The summed E-state index contributed by atoms with van der Waals surface area (Å²) in [6, 6.07) is 5.35. The van der Waals surface area contributed by atoms with Crippen LogP contribution >= 0.6 is 31.9 Å². The number of carboxylic acids is 1. The zero-order valence-corrected chi connectivity index (χ0v) is 13.8. The van der Waals surface area contributed by atoms with Crippen LogP contribution in [0.15, 0.2) is 39.3 Å². The lowest BCUT2D eigenvalue weighted by Gasteiger charge is -2.21. The number of carbonyl (C=O) groups is 2. The Morgan fingerprint density at radius 2 is 1.81 bits per heavy atom. The number of amides is 1. The van der Waals surface area contributed by atoms with Gasteiger partial charge >= 0.3 is 5.97 Å². The van der Waals surface area contributed by atoms with E-state index in [1.54, 1.807) is 24.3 Å². The molecule has 110 valence electrons. The fraction of sp³-hybridized carbons (Fsp3) is 0.286. The van der Waals surface area contributed by atoms with Crippen LogP contribution in [0.3, 0.4) is 0 Å². The van der Waals surface area contributed by atoms with Crippen molar-refractivity contribution in [2.45, 2.75) is 12.2 Å². The van der Waals surface area contributed by atoms with E-state index in [4.69, 9.17) is 4.74 Å². The van der Waals surface area contributed by atoms with Crippen molar-refractivity contribution >= 4 is 49.4 Å². The van der Waals surface area contributed by atoms with E-state index in [0.717, 1.165) is 8.95 Å². The van der Waals surface area contributed by atoms with Crippen LogP contribution in [0.5, 0.6) is 0 Å². The number of fused-ring (bicyclic) bond motifs is 2. The average Bonchev–Trinajstić information content (AvgIpc) is 3.02. The molecule has 1 fully saturated rings. The number of carbonyl (C=O) groups excluding carboxylic acids is 1. The molecule has 0 aromatic heterocycles. The van der Waals surface area contributed by atoms with Crippen LogP contribution in [0.2, 0.25) is 0 Å². The molecule has 21 heavy (non-hydrogen) atoms. The first-order valence-corrected chi connectivity index (χ1v) is 7.88. The molecule has 1 amide bonds. The van der Waals surface area contributed by atoms with E-state index in [2.05, 4.69) is 37.2 Å². The van der Waals surface area contributed by atoms with Crippen molar-refractivity contribution in [2.24, 2.45) is 11.8 Å². The second-order valence-electron chi connectivity index (χ2n) is 4.95. The van der Waals surface area contributed by atoms with E-state index in [1.165, 1.54) is 0 Å². The van der Waals surface area contributed by atoms with Gasteiger partial charge in [-0.3, -0.25) is 9.59 Å². The lowest BCUT2D eigenvalue weighted by atomic mass is 9.82. The molecular formula is C14H11Br2NO4. The number of aliphatic carboxylic acids is 1. The van der Waals surface area contributed by atoms with Gasteiger partial charge in [-0.2, -0.15) is 0 Å². The number of halogens is 2. The molecule has 1 saturated heterocycles. The van der Waals surface area contributed by atoms with Crippen molar-refractivity contribution in [1.82, 2.24) is 0 Å². The molecule has 2 aliphatic rings. The van der Waals surface area contributed by atoms with Gasteiger partial charge < -0.3 is 15.2 Å². The van der Waals surface area contributed by atoms with E-state index in [-0.39, 0.29) is 5.91 Å². The fourth-order valence-electron chi connectivity index (χ4n) is 2.72. The molecule has 4 atom stereocenters. The molecule has 3 rings (SSSR count). The van der Waals surface area contributed by atoms with Crippen LogP contribution in [0.25, 0.3) is 0 Å². The standard InChI is InChI=1S/C14H11Br2NO4/c15-6-1-2-8(7(16)5-6)17-13(18)11-9-3-4-10(21-9)12(11)14(19)20/h1-5,9-12H,(H,17,18)(H,19,20)/t9-,10+,11+,12+/m1/s1. The van der Waals surface area contributed by atoms with Gasteiger partial charge in [-0.25, -0.2) is 0 Å². The van der Waals surface area contributed by atoms with Crippen LogP contribution < -0.4 is 5.32 Å². The Morgan fingerprint density at radius 1 is 1.14 bits per heavy atom. The summed E-state index contributed by atoms with van der Waals surface area (Å²) in [5.41, 5.74) is 0.596. The summed E-state index contributed by atoms with van der Waals surface area (Å²) in [7, 11) is 0. The average molecular weight is 417 g/mol. The molecule has 0 aliphatic carbocycles. The highest BCUT2D eigenvalue weighted by atomic mass is 79.9. The summed E-state index contributed by atoms with van der Waals surface area (Å²) >= 11 is 6.70. The molecule has 2 bridgehead atoms. The third-order valence-electron chi connectivity index (χ3n) is 3.68. The van der Waals surface area contributed by atoms with Crippen LogP contribution in [0.1, 0.15) is 0 Å². The quantitative estimate of drug-likeness (QED) is 0.743. The highest BCUT2D eigenvalue weighted by molar-refractivity contribution is 9.11. The largest absolute Gasteiger partial charge is 0.481 e. The number of hydrogen-bond donors (Lipinski definition) is 2. The Bertz CT molecular complexity index is 646. The molecule has 0 spiro atoms. The number of benzene rings is 1. The van der Waals surface area contributed by atoms with Crippen molar-refractivity contribution < 1.29 is 19.4 Å². The zero-order chi connectivity index (χ0) is 15.1. The van der Waals surface area contributed by atoms with Gasteiger partial charge in [0.2, 0.25) is 5.91 Å². The Kier molecular flexibility index (Phi) is 3.90. The SMILES string of the molecule is O=C(O)[C@@H]1[C@@H](C(=O)Nc2ccc(Br)cc2Br)[C@H]2C=C[C@@H]1O2. The van der Waals surface area contributed by atoms with Crippen LogP contribution in [-0.2, 0) is 14.3 Å². The molecule has 0 saturated carbocycles. The third kappa shape index (κ3) is 2.65. The lowest BCUT2D eigenvalue weighted by molar-refractivity contribution is -0.145. The minimum atomic E-state index is -1.01. The van der Waals surface area contributed by atoms with Gasteiger partial charge in [0.25, 0.3) is 0 Å². The number of rotatable bonds is 3. The lowest BCUT2D eigenvalue weighted by Crippen LogP contribution is -2.39. The molecule has 2 aliphatic heterocycles. The Labute approximate surface area is 137 Å².